The second-order valence-electron chi connectivity index (χ2n) is 12.5. The Kier molecular flexibility index (Phi) is 8.08. The number of carbonyl (C=O) groups excluding carboxylic acids is 2. The molecule has 0 fully saturated rings. The van der Waals surface area contributed by atoms with E-state index >= 15 is 0 Å². The number of anilines is 2. The number of ketones is 2. The Labute approximate surface area is 291 Å². The summed E-state index contributed by atoms with van der Waals surface area (Å²) < 4.78 is 0. The van der Waals surface area contributed by atoms with Gasteiger partial charge in [-0.15, -0.1) is 0 Å². The summed E-state index contributed by atoms with van der Waals surface area (Å²) >= 11 is 0. The molecule has 1 aliphatic carbocycles. The van der Waals surface area contributed by atoms with Gasteiger partial charge < -0.3 is 4.90 Å². The number of Topliss-reactive ketones (excluding diaryl/α,β-unsaturated/α-hetero) is 2. The molecule has 0 heterocycles. The van der Waals surface area contributed by atoms with Crippen LogP contribution in [0, 0.1) is 0 Å². The minimum atomic E-state index is -0.220. The molecule has 238 valence electrons. The van der Waals surface area contributed by atoms with Crippen LogP contribution in [0.25, 0.3) is 44.0 Å². The maximum atomic E-state index is 13.4. The van der Waals surface area contributed by atoms with E-state index in [9.17, 15) is 9.59 Å². The van der Waals surface area contributed by atoms with Gasteiger partial charge in [0.25, 0.3) is 0 Å². The van der Waals surface area contributed by atoms with Crippen molar-refractivity contribution < 1.29 is 9.59 Å². The van der Waals surface area contributed by atoms with Crippen LogP contribution < -0.4 is 4.90 Å². The van der Waals surface area contributed by atoms with Gasteiger partial charge in [-0.1, -0.05) is 121 Å². The molecule has 0 amide bonds. The Hall–Kier alpha value is -6.58. The van der Waals surface area contributed by atoms with Gasteiger partial charge in [0.05, 0.1) is 5.57 Å². The Morgan fingerprint density at radius 1 is 0.540 bits per heavy atom. The summed E-state index contributed by atoms with van der Waals surface area (Å²) in [4.78, 5) is 29.0. The number of nitrogens with zero attached hydrogens (tertiary/aromatic N) is 1. The molecule has 8 rings (SSSR count). The van der Waals surface area contributed by atoms with Crippen molar-refractivity contribution in [1.82, 2.24) is 0 Å². The van der Waals surface area contributed by atoms with E-state index in [1.165, 1.54) is 10.8 Å². The number of carbonyl (C=O) groups is 2. The Bertz CT molecular complexity index is 2530. The molecule has 7 aromatic rings. The van der Waals surface area contributed by atoms with Gasteiger partial charge in [-0.05, 0) is 111 Å². The molecule has 3 nitrogen and oxygen atoms in total. The fourth-order valence-corrected chi connectivity index (χ4v) is 6.68. The molecule has 0 N–H and O–H groups in total. The maximum absolute atomic E-state index is 13.4. The van der Waals surface area contributed by atoms with Gasteiger partial charge in [0.1, 0.15) is 0 Å². The molecule has 50 heavy (non-hydrogen) atoms. The van der Waals surface area contributed by atoms with Crippen molar-refractivity contribution in [3.63, 3.8) is 0 Å². The number of benzene rings is 7. The van der Waals surface area contributed by atoms with Crippen LogP contribution in [0.5, 0.6) is 0 Å². The molecule has 0 unspecified atom stereocenters. The molecular formula is C47H33NO2. The van der Waals surface area contributed by atoms with Crippen LogP contribution in [0.1, 0.15) is 38.8 Å². The fraction of sp³-hybridized carbons (Fsp3) is 0.0213. The molecule has 7 aromatic carbocycles. The van der Waals surface area contributed by atoms with Crippen molar-refractivity contribution in [2.45, 2.75) is 6.92 Å². The van der Waals surface area contributed by atoms with Crippen LogP contribution in [0.2, 0.25) is 0 Å². The minimum absolute atomic E-state index is 0.207. The lowest BCUT2D eigenvalue weighted by Gasteiger charge is -2.22. The van der Waals surface area contributed by atoms with E-state index in [2.05, 4.69) is 120 Å². The van der Waals surface area contributed by atoms with Crippen molar-refractivity contribution >= 4 is 66.9 Å². The van der Waals surface area contributed by atoms with Crippen LogP contribution in [-0.2, 0) is 0 Å². The van der Waals surface area contributed by atoms with Crippen molar-refractivity contribution in [1.29, 1.82) is 0 Å². The molecular weight excluding hydrogens is 611 g/mol. The summed E-state index contributed by atoms with van der Waals surface area (Å²) in [5.74, 6) is -0.440. The SMILES string of the molecule is C\C=C/C=C(\C=C\N(c1ccc2ccccc2c1)c1ccc2cc(C=C3C(=O)c4cc5ccccc5cc4C3=O)ccc2c1)c1ccccc1. The molecule has 0 saturated heterocycles. The Morgan fingerprint density at radius 3 is 1.70 bits per heavy atom. The van der Waals surface area contributed by atoms with Crippen molar-refractivity contribution in [3.05, 3.63) is 204 Å². The smallest absolute Gasteiger partial charge is 0.197 e. The fourth-order valence-electron chi connectivity index (χ4n) is 6.68. The minimum Gasteiger partial charge on any atom is -0.317 e. The Balaban J connectivity index is 1.16. The summed E-state index contributed by atoms with van der Waals surface area (Å²) in [7, 11) is 0. The van der Waals surface area contributed by atoms with E-state index in [-0.39, 0.29) is 17.1 Å². The maximum Gasteiger partial charge on any atom is 0.197 e. The number of fused-ring (bicyclic) bond motifs is 4. The van der Waals surface area contributed by atoms with E-state index in [4.69, 9.17) is 0 Å². The van der Waals surface area contributed by atoms with Gasteiger partial charge in [-0.25, -0.2) is 0 Å². The predicted octanol–water partition coefficient (Wildman–Crippen LogP) is 11.9. The second kappa shape index (κ2) is 13.1. The summed E-state index contributed by atoms with van der Waals surface area (Å²) in [6.07, 6.45) is 12.2. The first-order valence-electron chi connectivity index (χ1n) is 16.8. The first-order chi connectivity index (χ1) is 24.6. The van der Waals surface area contributed by atoms with Crippen LogP contribution in [0.4, 0.5) is 11.4 Å². The lowest BCUT2D eigenvalue weighted by molar-refractivity contribution is 0.0990. The highest BCUT2D eigenvalue weighted by atomic mass is 16.2. The molecule has 1 aliphatic rings. The van der Waals surface area contributed by atoms with Gasteiger partial charge in [0.15, 0.2) is 11.6 Å². The first kappa shape index (κ1) is 30.7. The molecule has 0 spiro atoms. The first-order valence-corrected chi connectivity index (χ1v) is 16.8. The average molecular weight is 644 g/mol. The zero-order valence-corrected chi connectivity index (χ0v) is 27.6. The van der Waals surface area contributed by atoms with Crippen molar-refractivity contribution in [3.8, 4) is 0 Å². The summed E-state index contributed by atoms with van der Waals surface area (Å²) in [5.41, 5.74) is 6.26. The van der Waals surface area contributed by atoms with Gasteiger partial charge >= 0.3 is 0 Å². The van der Waals surface area contributed by atoms with E-state index in [1.807, 2.05) is 67.6 Å². The quantitative estimate of drug-likeness (QED) is 0.0985. The van der Waals surface area contributed by atoms with E-state index in [1.54, 1.807) is 6.08 Å². The zero-order chi connectivity index (χ0) is 34.0. The van der Waals surface area contributed by atoms with Crippen LogP contribution in [0.3, 0.4) is 0 Å². The lowest BCUT2D eigenvalue weighted by atomic mass is 10.0. The number of hydrogen-bond acceptors (Lipinski definition) is 3. The van der Waals surface area contributed by atoms with Crippen LogP contribution in [-0.4, -0.2) is 11.6 Å². The zero-order valence-electron chi connectivity index (χ0n) is 27.6. The summed E-state index contributed by atoms with van der Waals surface area (Å²) in [6.45, 7) is 2.02. The second-order valence-corrected chi connectivity index (χ2v) is 12.5. The average Bonchev–Trinajstić information content (AvgIpc) is 3.39. The number of allylic oxidation sites excluding steroid dienone is 6. The lowest BCUT2D eigenvalue weighted by Crippen LogP contribution is -2.08. The van der Waals surface area contributed by atoms with Crippen LogP contribution in [0.15, 0.2) is 182 Å². The molecule has 0 aliphatic heterocycles. The third-order valence-corrected chi connectivity index (χ3v) is 9.29. The largest absolute Gasteiger partial charge is 0.317 e. The highest BCUT2D eigenvalue weighted by Crippen LogP contribution is 2.34. The summed E-state index contributed by atoms with van der Waals surface area (Å²) in [6, 6.07) is 49.2. The van der Waals surface area contributed by atoms with Crippen molar-refractivity contribution in [2.75, 3.05) is 4.90 Å². The van der Waals surface area contributed by atoms with E-state index in [0.29, 0.717) is 11.1 Å². The molecule has 0 radical (unpaired) electrons. The van der Waals surface area contributed by atoms with Crippen molar-refractivity contribution in [2.24, 2.45) is 0 Å². The number of hydrogen-bond donors (Lipinski definition) is 0. The monoisotopic (exact) mass is 643 g/mol. The van der Waals surface area contributed by atoms with E-state index in [0.717, 1.165) is 49.6 Å². The predicted molar refractivity (Wildman–Crippen MR) is 209 cm³/mol. The number of rotatable bonds is 7. The third kappa shape index (κ3) is 5.86. The van der Waals surface area contributed by atoms with Crippen LogP contribution >= 0.6 is 0 Å². The van der Waals surface area contributed by atoms with E-state index < -0.39 is 0 Å². The molecule has 0 saturated carbocycles. The molecule has 3 heteroatoms. The standard InChI is InChI=1S/C47H33NO2/c1-2-3-11-35(33-12-5-4-6-13-33)24-25-48(41-22-20-34-14-7-8-15-36(34)28-41)42-23-21-39-26-32(18-19-40(39)29-42)27-45-46(49)43-30-37-16-9-10-17-38(37)31-44(43)47(45)50/h2-31H,1H3/b3-2-,25-24+,35-11+. The summed E-state index contributed by atoms with van der Waals surface area (Å²) in [5, 5.41) is 6.33. The Morgan fingerprint density at radius 2 is 1.06 bits per heavy atom. The van der Waals surface area contributed by atoms with Gasteiger partial charge in [-0.2, -0.15) is 0 Å². The molecule has 0 bridgehead atoms. The highest BCUT2D eigenvalue weighted by Gasteiger charge is 2.33. The third-order valence-electron chi connectivity index (χ3n) is 9.29. The highest BCUT2D eigenvalue weighted by molar-refractivity contribution is 6.42. The van der Waals surface area contributed by atoms with Gasteiger partial charge in [0, 0.05) is 28.7 Å². The van der Waals surface area contributed by atoms with Gasteiger partial charge in [0.2, 0.25) is 0 Å². The topological polar surface area (TPSA) is 37.4 Å². The molecule has 0 aromatic heterocycles. The van der Waals surface area contributed by atoms with Gasteiger partial charge in [-0.3, -0.25) is 9.59 Å². The molecule has 0 atom stereocenters. The normalized spacial score (nSPS) is 13.3.